The summed E-state index contributed by atoms with van der Waals surface area (Å²) in [4.78, 5) is 16.4. The molecular formula is C16H27Cl2N3O. The molecule has 1 atom stereocenters. The molecule has 22 heavy (non-hydrogen) atoms. The second-order valence-electron chi connectivity index (χ2n) is 5.63. The third kappa shape index (κ3) is 6.53. The third-order valence-corrected chi connectivity index (χ3v) is 3.88. The minimum absolute atomic E-state index is 0. The zero-order chi connectivity index (χ0) is 14.4. The molecular weight excluding hydrogens is 321 g/mol. The zero-order valence-electron chi connectivity index (χ0n) is 13.3. The van der Waals surface area contributed by atoms with Gasteiger partial charge in [0, 0.05) is 25.7 Å². The van der Waals surface area contributed by atoms with Gasteiger partial charge in [-0.3, -0.25) is 9.69 Å². The molecule has 1 aromatic carbocycles. The number of amides is 1. The van der Waals surface area contributed by atoms with Crippen molar-refractivity contribution in [3.8, 4) is 0 Å². The lowest BCUT2D eigenvalue weighted by Crippen LogP contribution is -2.49. The number of carbonyl (C=O) groups is 1. The largest absolute Gasteiger partial charge is 0.340 e. The third-order valence-electron chi connectivity index (χ3n) is 3.88. The quantitative estimate of drug-likeness (QED) is 0.886. The predicted molar refractivity (Wildman–Crippen MR) is 95.9 cm³/mol. The molecule has 1 aromatic rings. The zero-order valence-corrected chi connectivity index (χ0v) is 15.0. The number of hydrogen-bond donors (Lipinski definition) is 1. The highest BCUT2D eigenvalue weighted by Crippen LogP contribution is 2.10. The average Bonchev–Trinajstić information content (AvgIpc) is 2.48. The van der Waals surface area contributed by atoms with Crippen molar-refractivity contribution in [3.05, 3.63) is 35.9 Å². The summed E-state index contributed by atoms with van der Waals surface area (Å²) in [6, 6.07) is 10.7. The predicted octanol–water partition coefficient (Wildman–Crippen LogP) is 2.17. The van der Waals surface area contributed by atoms with Crippen LogP contribution in [0.25, 0.3) is 0 Å². The Labute approximate surface area is 146 Å². The van der Waals surface area contributed by atoms with Gasteiger partial charge >= 0.3 is 0 Å². The van der Waals surface area contributed by atoms with E-state index in [0.717, 1.165) is 26.1 Å². The van der Waals surface area contributed by atoms with Crippen molar-refractivity contribution in [2.24, 2.45) is 0 Å². The molecule has 0 radical (unpaired) electrons. The highest BCUT2D eigenvalue weighted by atomic mass is 35.5. The van der Waals surface area contributed by atoms with Crippen LogP contribution in [0.1, 0.15) is 18.4 Å². The van der Waals surface area contributed by atoms with E-state index in [4.69, 9.17) is 0 Å². The molecule has 0 bridgehead atoms. The minimum atomic E-state index is 0. The van der Waals surface area contributed by atoms with Crippen molar-refractivity contribution in [2.75, 3.05) is 33.7 Å². The van der Waals surface area contributed by atoms with Crippen LogP contribution in [0.5, 0.6) is 0 Å². The summed E-state index contributed by atoms with van der Waals surface area (Å²) >= 11 is 0. The monoisotopic (exact) mass is 347 g/mol. The minimum Gasteiger partial charge on any atom is -0.340 e. The van der Waals surface area contributed by atoms with E-state index in [-0.39, 0.29) is 30.7 Å². The van der Waals surface area contributed by atoms with Gasteiger partial charge in [0.05, 0.1) is 6.54 Å². The van der Waals surface area contributed by atoms with Crippen LogP contribution >= 0.6 is 24.8 Å². The molecule has 1 fully saturated rings. The van der Waals surface area contributed by atoms with E-state index in [1.807, 2.05) is 37.2 Å². The summed E-state index contributed by atoms with van der Waals surface area (Å²) in [5.41, 5.74) is 1.24. The smallest absolute Gasteiger partial charge is 0.236 e. The number of nitrogens with zero attached hydrogens (tertiary/aromatic N) is 2. The van der Waals surface area contributed by atoms with Crippen LogP contribution in [-0.4, -0.2) is 55.5 Å². The molecule has 0 spiro atoms. The first-order valence-electron chi connectivity index (χ1n) is 7.36. The molecule has 0 aliphatic carbocycles. The van der Waals surface area contributed by atoms with E-state index >= 15 is 0 Å². The van der Waals surface area contributed by atoms with E-state index in [1.54, 1.807) is 0 Å². The number of rotatable bonds is 5. The summed E-state index contributed by atoms with van der Waals surface area (Å²) in [5, 5.41) is 3.27. The van der Waals surface area contributed by atoms with Gasteiger partial charge in [-0.05, 0) is 32.5 Å². The van der Waals surface area contributed by atoms with Crippen LogP contribution in [0.4, 0.5) is 0 Å². The van der Waals surface area contributed by atoms with E-state index < -0.39 is 0 Å². The van der Waals surface area contributed by atoms with Crippen molar-refractivity contribution in [2.45, 2.75) is 25.4 Å². The fourth-order valence-electron chi connectivity index (χ4n) is 2.72. The maximum absolute atomic E-state index is 12.3. The van der Waals surface area contributed by atoms with E-state index in [9.17, 15) is 4.79 Å². The van der Waals surface area contributed by atoms with E-state index in [0.29, 0.717) is 12.6 Å². The first-order chi connectivity index (χ1) is 9.69. The van der Waals surface area contributed by atoms with Gasteiger partial charge in [-0.2, -0.15) is 0 Å². The number of benzene rings is 1. The molecule has 4 nitrogen and oxygen atoms in total. The average molecular weight is 348 g/mol. The first-order valence-corrected chi connectivity index (χ1v) is 7.36. The molecule has 0 saturated carbocycles. The second-order valence-corrected chi connectivity index (χ2v) is 5.63. The highest BCUT2D eigenvalue weighted by molar-refractivity contribution is 5.85. The molecule has 1 aliphatic rings. The Hall–Kier alpha value is -0.810. The fourth-order valence-corrected chi connectivity index (χ4v) is 2.72. The topological polar surface area (TPSA) is 35.6 Å². The SMILES string of the molecule is CNC1CCCN(C(=O)CN(C)Cc2ccccc2)C1.Cl.Cl. The normalized spacial score (nSPS) is 17.6. The highest BCUT2D eigenvalue weighted by Gasteiger charge is 2.23. The molecule has 6 heteroatoms. The van der Waals surface area contributed by atoms with Gasteiger partial charge in [0.2, 0.25) is 5.91 Å². The maximum Gasteiger partial charge on any atom is 0.236 e. The number of piperidine rings is 1. The Bertz CT molecular complexity index is 431. The van der Waals surface area contributed by atoms with Crippen LogP contribution < -0.4 is 5.32 Å². The van der Waals surface area contributed by atoms with E-state index in [1.165, 1.54) is 12.0 Å². The van der Waals surface area contributed by atoms with Crippen LogP contribution in [0.3, 0.4) is 0 Å². The number of hydrogen-bond acceptors (Lipinski definition) is 3. The summed E-state index contributed by atoms with van der Waals surface area (Å²) in [7, 11) is 3.98. The molecule has 1 amide bonds. The molecule has 1 N–H and O–H groups in total. The molecule has 1 aliphatic heterocycles. The maximum atomic E-state index is 12.3. The molecule has 0 aromatic heterocycles. The number of halogens is 2. The fraction of sp³-hybridized carbons (Fsp3) is 0.562. The van der Waals surface area contributed by atoms with Gasteiger partial charge in [-0.1, -0.05) is 30.3 Å². The number of nitrogens with one attached hydrogen (secondary N) is 1. The van der Waals surface area contributed by atoms with E-state index in [2.05, 4.69) is 22.3 Å². The Kier molecular flexibility index (Phi) is 10.4. The van der Waals surface area contributed by atoms with Crippen molar-refractivity contribution in [1.82, 2.24) is 15.1 Å². The van der Waals surface area contributed by atoms with Gasteiger partial charge in [0.1, 0.15) is 0 Å². The summed E-state index contributed by atoms with van der Waals surface area (Å²) < 4.78 is 0. The van der Waals surface area contributed by atoms with Gasteiger partial charge in [-0.15, -0.1) is 24.8 Å². The van der Waals surface area contributed by atoms with Gasteiger partial charge in [0.25, 0.3) is 0 Å². The number of likely N-dealkylation sites (tertiary alicyclic amines) is 1. The summed E-state index contributed by atoms with van der Waals surface area (Å²) in [6.07, 6.45) is 2.26. The Morgan fingerprint density at radius 3 is 2.64 bits per heavy atom. The lowest BCUT2D eigenvalue weighted by atomic mass is 10.1. The second kappa shape index (κ2) is 10.8. The van der Waals surface area contributed by atoms with Crippen LogP contribution in [-0.2, 0) is 11.3 Å². The molecule has 2 rings (SSSR count). The van der Waals surface area contributed by atoms with Crippen LogP contribution in [0, 0.1) is 0 Å². The molecule has 1 unspecified atom stereocenters. The molecule has 126 valence electrons. The summed E-state index contributed by atoms with van der Waals surface area (Å²) in [6.45, 7) is 3.05. The van der Waals surface area contributed by atoms with Crippen molar-refractivity contribution >= 4 is 30.7 Å². The Morgan fingerprint density at radius 2 is 2.00 bits per heavy atom. The van der Waals surface area contributed by atoms with Crippen molar-refractivity contribution < 1.29 is 4.79 Å². The van der Waals surface area contributed by atoms with Gasteiger partial charge < -0.3 is 10.2 Å². The van der Waals surface area contributed by atoms with Crippen LogP contribution in [0.2, 0.25) is 0 Å². The Balaban J connectivity index is 0.00000220. The Morgan fingerprint density at radius 1 is 1.32 bits per heavy atom. The van der Waals surface area contributed by atoms with Gasteiger partial charge in [-0.25, -0.2) is 0 Å². The van der Waals surface area contributed by atoms with Crippen LogP contribution in [0.15, 0.2) is 30.3 Å². The standard InChI is InChI=1S/C16H25N3O.2ClH/c1-17-15-9-6-10-19(12-15)16(20)13-18(2)11-14-7-4-3-5-8-14;;/h3-5,7-8,15,17H,6,9-13H2,1-2H3;2*1H. The first kappa shape index (κ1) is 21.2. The van der Waals surface area contributed by atoms with Crippen molar-refractivity contribution in [3.63, 3.8) is 0 Å². The van der Waals surface area contributed by atoms with Gasteiger partial charge in [0.15, 0.2) is 0 Å². The molecule has 1 heterocycles. The number of likely N-dealkylation sites (N-methyl/N-ethyl adjacent to an activating group) is 2. The lowest BCUT2D eigenvalue weighted by Gasteiger charge is -2.33. The summed E-state index contributed by atoms with van der Waals surface area (Å²) in [5.74, 6) is 0.239. The number of carbonyl (C=O) groups excluding carboxylic acids is 1. The molecule has 1 saturated heterocycles. The lowest BCUT2D eigenvalue weighted by molar-refractivity contribution is -0.133. The van der Waals surface area contributed by atoms with Crippen molar-refractivity contribution in [1.29, 1.82) is 0 Å².